The number of rotatable bonds is 2. The number of amides is 1. The Morgan fingerprint density at radius 2 is 2.26 bits per heavy atom. The van der Waals surface area contributed by atoms with Crippen LogP contribution >= 0.6 is 0 Å². The zero-order valence-corrected chi connectivity index (χ0v) is 10.2. The molecule has 1 amide bonds. The highest BCUT2D eigenvalue weighted by Gasteiger charge is 2.15. The first kappa shape index (κ1) is 11.5. The second-order valence-electron chi connectivity index (χ2n) is 4.32. The minimum Gasteiger partial charge on any atom is -0.493 e. The summed E-state index contributed by atoms with van der Waals surface area (Å²) < 4.78 is 5.41. The van der Waals surface area contributed by atoms with Crippen molar-refractivity contribution in [2.45, 2.75) is 6.42 Å². The largest absolute Gasteiger partial charge is 0.493 e. The third-order valence-electron chi connectivity index (χ3n) is 3.02. The number of hydrogen-bond donors (Lipinski definition) is 2. The van der Waals surface area contributed by atoms with Gasteiger partial charge in [0.05, 0.1) is 12.3 Å². The highest BCUT2D eigenvalue weighted by Crippen LogP contribution is 2.26. The van der Waals surface area contributed by atoms with Crippen molar-refractivity contribution in [1.29, 1.82) is 0 Å². The number of ether oxygens (including phenoxy) is 1. The molecule has 2 heterocycles. The lowest BCUT2D eigenvalue weighted by atomic mass is 10.1. The second kappa shape index (κ2) is 4.61. The van der Waals surface area contributed by atoms with Crippen molar-refractivity contribution in [3.05, 3.63) is 47.7 Å². The number of nitrogens with two attached hydrogens (primary N) is 1. The Bertz CT molecular complexity index is 640. The molecule has 0 unspecified atom stereocenters. The molecule has 1 aliphatic rings. The van der Waals surface area contributed by atoms with Gasteiger partial charge in [-0.1, -0.05) is 0 Å². The van der Waals surface area contributed by atoms with Gasteiger partial charge >= 0.3 is 0 Å². The van der Waals surface area contributed by atoms with Crippen LogP contribution in [0.1, 0.15) is 15.9 Å². The van der Waals surface area contributed by atoms with Crippen LogP contribution in [0.5, 0.6) is 5.75 Å². The summed E-state index contributed by atoms with van der Waals surface area (Å²) in [5, 5.41) is 2.70. The van der Waals surface area contributed by atoms with E-state index >= 15 is 0 Å². The molecule has 0 bridgehead atoms. The van der Waals surface area contributed by atoms with Gasteiger partial charge in [-0.15, -0.1) is 0 Å². The second-order valence-corrected chi connectivity index (χ2v) is 4.32. The maximum absolute atomic E-state index is 12.1. The molecule has 1 aromatic heterocycles. The first-order chi connectivity index (χ1) is 9.24. The van der Waals surface area contributed by atoms with E-state index in [4.69, 9.17) is 10.5 Å². The molecule has 2 aromatic rings. The summed E-state index contributed by atoms with van der Waals surface area (Å²) in [7, 11) is 0. The molecule has 0 saturated carbocycles. The first-order valence-electron chi connectivity index (χ1n) is 6.01. The molecular formula is C14H13N3O2. The number of anilines is 2. The van der Waals surface area contributed by atoms with Gasteiger partial charge in [0.25, 0.3) is 5.91 Å². The predicted octanol–water partition coefficient (Wildman–Crippen LogP) is 1.85. The molecule has 0 radical (unpaired) electrons. The van der Waals surface area contributed by atoms with Crippen molar-refractivity contribution in [1.82, 2.24) is 4.98 Å². The summed E-state index contributed by atoms with van der Waals surface area (Å²) in [6, 6.07) is 8.81. The zero-order valence-electron chi connectivity index (χ0n) is 10.2. The average molecular weight is 255 g/mol. The molecule has 3 N–H and O–H groups in total. The van der Waals surface area contributed by atoms with E-state index in [-0.39, 0.29) is 5.91 Å². The monoisotopic (exact) mass is 255 g/mol. The molecule has 0 aliphatic carbocycles. The Balaban J connectivity index is 1.83. The van der Waals surface area contributed by atoms with Gasteiger partial charge in [-0.2, -0.15) is 0 Å². The minimum atomic E-state index is -0.222. The zero-order chi connectivity index (χ0) is 13.2. The third kappa shape index (κ3) is 2.22. The van der Waals surface area contributed by atoms with Gasteiger partial charge in [-0.3, -0.25) is 4.79 Å². The van der Waals surface area contributed by atoms with E-state index in [0.29, 0.717) is 23.7 Å². The Kier molecular flexibility index (Phi) is 2.79. The molecule has 19 heavy (non-hydrogen) atoms. The van der Waals surface area contributed by atoms with Crippen LogP contribution in [0, 0.1) is 0 Å². The fraction of sp³-hybridized carbons (Fsp3) is 0.143. The molecule has 96 valence electrons. The molecule has 0 saturated heterocycles. The lowest BCUT2D eigenvalue weighted by Gasteiger charge is -2.07. The predicted molar refractivity (Wildman–Crippen MR) is 72.2 cm³/mol. The number of benzene rings is 1. The van der Waals surface area contributed by atoms with Crippen molar-refractivity contribution >= 4 is 17.4 Å². The summed E-state index contributed by atoms with van der Waals surface area (Å²) in [4.78, 5) is 16.2. The molecule has 5 heteroatoms. The van der Waals surface area contributed by atoms with Crippen LogP contribution < -0.4 is 15.8 Å². The molecule has 1 aliphatic heterocycles. The topological polar surface area (TPSA) is 77.2 Å². The van der Waals surface area contributed by atoms with Crippen molar-refractivity contribution in [2.75, 3.05) is 17.7 Å². The van der Waals surface area contributed by atoms with E-state index in [2.05, 4.69) is 10.3 Å². The van der Waals surface area contributed by atoms with E-state index < -0.39 is 0 Å². The summed E-state index contributed by atoms with van der Waals surface area (Å²) in [5.41, 5.74) is 7.82. The van der Waals surface area contributed by atoms with Crippen LogP contribution in [0.15, 0.2) is 36.5 Å². The smallest absolute Gasteiger partial charge is 0.256 e. The maximum Gasteiger partial charge on any atom is 0.256 e. The normalized spacial score (nSPS) is 12.6. The molecule has 3 rings (SSSR count). The fourth-order valence-corrected chi connectivity index (χ4v) is 2.03. The molecule has 0 atom stereocenters. The van der Waals surface area contributed by atoms with Crippen LogP contribution in [0.4, 0.5) is 11.5 Å². The van der Waals surface area contributed by atoms with E-state index in [1.165, 1.54) is 0 Å². The average Bonchev–Trinajstić information content (AvgIpc) is 2.88. The van der Waals surface area contributed by atoms with Gasteiger partial charge in [-0.05, 0) is 35.9 Å². The van der Waals surface area contributed by atoms with Gasteiger partial charge in [0.15, 0.2) is 5.82 Å². The lowest BCUT2D eigenvalue weighted by molar-refractivity contribution is 0.102. The highest BCUT2D eigenvalue weighted by atomic mass is 16.5. The van der Waals surface area contributed by atoms with E-state index in [0.717, 1.165) is 17.7 Å². The molecule has 5 nitrogen and oxygen atoms in total. The first-order valence-corrected chi connectivity index (χ1v) is 6.01. The number of aromatic nitrogens is 1. The minimum absolute atomic E-state index is 0.222. The lowest BCUT2D eigenvalue weighted by Crippen LogP contribution is -2.14. The number of nitrogens with zero attached hydrogens (tertiary/aromatic N) is 1. The van der Waals surface area contributed by atoms with Crippen LogP contribution in [0.2, 0.25) is 0 Å². The number of hydrogen-bond acceptors (Lipinski definition) is 4. The quantitative estimate of drug-likeness (QED) is 0.858. The summed E-state index contributed by atoms with van der Waals surface area (Å²) in [6.45, 7) is 0.674. The number of carbonyl (C=O) groups excluding carboxylic acids is 1. The van der Waals surface area contributed by atoms with Gasteiger partial charge in [0.1, 0.15) is 5.75 Å². The number of fused-ring (bicyclic) bond motifs is 1. The van der Waals surface area contributed by atoms with Gasteiger partial charge in [-0.25, -0.2) is 4.98 Å². The van der Waals surface area contributed by atoms with Crippen LogP contribution in [-0.2, 0) is 6.42 Å². The van der Waals surface area contributed by atoms with E-state index in [1.807, 2.05) is 12.1 Å². The standard InChI is InChI=1S/C14H13N3O2/c15-11-2-1-6-16-13(11)17-14(18)10-3-4-12-9(8-10)5-7-19-12/h1-4,6,8H,5,7,15H2,(H,16,17,18). The SMILES string of the molecule is Nc1cccnc1NC(=O)c1ccc2c(c1)CCO2. The maximum atomic E-state index is 12.1. The third-order valence-corrected chi connectivity index (χ3v) is 3.02. The van der Waals surface area contributed by atoms with Gasteiger partial charge in [0.2, 0.25) is 0 Å². The Labute approximate surface area is 110 Å². The number of pyridine rings is 1. The Morgan fingerprint density at radius 3 is 3.11 bits per heavy atom. The van der Waals surface area contributed by atoms with E-state index in [9.17, 15) is 4.79 Å². The van der Waals surface area contributed by atoms with Gasteiger partial charge in [0, 0.05) is 18.2 Å². The van der Waals surface area contributed by atoms with Crippen LogP contribution in [0.25, 0.3) is 0 Å². The van der Waals surface area contributed by atoms with Gasteiger partial charge < -0.3 is 15.8 Å². The number of nitrogens with one attached hydrogen (secondary N) is 1. The summed E-state index contributed by atoms with van der Waals surface area (Å²) >= 11 is 0. The summed E-state index contributed by atoms with van der Waals surface area (Å²) in [6.07, 6.45) is 2.42. The Hall–Kier alpha value is -2.56. The summed E-state index contributed by atoms with van der Waals surface area (Å²) in [5.74, 6) is 1.01. The molecular weight excluding hydrogens is 242 g/mol. The number of nitrogen functional groups attached to an aromatic ring is 1. The number of carbonyl (C=O) groups is 1. The van der Waals surface area contributed by atoms with Crippen LogP contribution in [-0.4, -0.2) is 17.5 Å². The fourth-order valence-electron chi connectivity index (χ4n) is 2.03. The molecule has 1 aromatic carbocycles. The molecule has 0 fully saturated rings. The van der Waals surface area contributed by atoms with Crippen molar-refractivity contribution < 1.29 is 9.53 Å². The van der Waals surface area contributed by atoms with Crippen molar-refractivity contribution in [3.63, 3.8) is 0 Å². The van der Waals surface area contributed by atoms with Crippen LogP contribution in [0.3, 0.4) is 0 Å². The highest BCUT2D eigenvalue weighted by molar-refractivity contribution is 6.05. The van der Waals surface area contributed by atoms with Crippen molar-refractivity contribution in [2.24, 2.45) is 0 Å². The molecule has 0 spiro atoms. The van der Waals surface area contributed by atoms with E-state index in [1.54, 1.807) is 24.4 Å². The van der Waals surface area contributed by atoms with Crippen molar-refractivity contribution in [3.8, 4) is 5.75 Å². The Morgan fingerprint density at radius 1 is 1.37 bits per heavy atom.